The molecule has 0 radical (unpaired) electrons. The molecule has 0 saturated carbocycles. The predicted molar refractivity (Wildman–Crippen MR) is 72.9 cm³/mol. The molecule has 0 saturated heterocycles. The molecule has 0 spiro atoms. The number of halogens is 1. The van der Waals surface area contributed by atoms with Crippen molar-refractivity contribution < 1.29 is 10.2 Å². The Bertz CT molecular complexity index is 579. The van der Waals surface area contributed by atoms with Gasteiger partial charge in [0.2, 0.25) is 5.88 Å². The minimum atomic E-state index is -0.00227. The van der Waals surface area contributed by atoms with Crippen molar-refractivity contribution in [1.82, 2.24) is 4.57 Å². The lowest BCUT2D eigenvalue weighted by atomic mass is 10.1. The van der Waals surface area contributed by atoms with Gasteiger partial charge in [0, 0.05) is 11.6 Å². The van der Waals surface area contributed by atoms with Gasteiger partial charge in [-0.3, -0.25) is 4.57 Å². The van der Waals surface area contributed by atoms with E-state index in [4.69, 9.17) is 11.6 Å². The molecule has 0 aliphatic carbocycles. The number of aromatic nitrogens is 1. The van der Waals surface area contributed by atoms with Gasteiger partial charge < -0.3 is 10.2 Å². The van der Waals surface area contributed by atoms with E-state index < -0.39 is 0 Å². The highest BCUT2D eigenvalue weighted by Crippen LogP contribution is 2.35. The van der Waals surface area contributed by atoms with Gasteiger partial charge in [-0.1, -0.05) is 17.7 Å². The van der Waals surface area contributed by atoms with Crippen LogP contribution in [0.3, 0.4) is 0 Å². The molecule has 0 unspecified atom stereocenters. The summed E-state index contributed by atoms with van der Waals surface area (Å²) in [6.45, 7) is 5.92. The molecule has 2 rings (SSSR count). The van der Waals surface area contributed by atoms with E-state index in [-0.39, 0.29) is 17.6 Å². The molecule has 0 aliphatic rings. The summed E-state index contributed by atoms with van der Waals surface area (Å²) in [6, 6.07) is 5.52. The minimum absolute atomic E-state index is 0.00166. The average Bonchev–Trinajstić information content (AvgIpc) is 2.55. The summed E-state index contributed by atoms with van der Waals surface area (Å²) in [6.07, 6.45) is 0. The van der Waals surface area contributed by atoms with Crippen molar-refractivity contribution in [2.24, 2.45) is 0 Å². The third kappa shape index (κ3) is 1.95. The van der Waals surface area contributed by atoms with Crippen LogP contribution in [0.1, 0.15) is 22.3 Å². The number of nitrogens with zero attached hydrogens (tertiary/aromatic N) is 1. The minimum Gasteiger partial charge on any atom is -0.494 e. The second-order valence-corrected chi connectivity index (χ2v) is 4.84. The fourth-order valence-corrected chi connectivity index (χ4v) is 2.58. The molecule has 96 valence electrons. The van der Waals surface area contributed by atoms with Crippen LogP contribution in [-0.4, -0.2) is 14.8 Å². The van der Waals surface area contributed by atoms with Crippen LogP contribution in [0.5, 0.6) is 11.8 Å². The SMILES string of the molecule is Cc1cc(C)c(-n2c(O)cc(CCl)c2O)c(C)c1. The van der Waals surface area contributed by atoms with Gasteiger partial charge >= 0.3 is 0 Å². The molecule has 0 atom stereocenters. The van der Waals surface area contributed by atoms with Gasteiger partial charge in [0.15, 0.2) is 5.88 Å². The number of hydrogen-bond acceptors (Lipinski definition) is 2. The van der Waals surface area contributed by atoms with E-state index >= 15 is 0 Å². The van der Waals surface area contributed by atoms with E-state index in [1.807, 2.05) is 32.9 Å². The van der Waals surface area contributed by atoms with E-state index in [1.54, 1.807) is 0 Å². The Balaban J connectivity index is 2.73. The summed E-state index contributed by atoms with van der Waals surface area (Å²) < 4.78 is 1.43. The predicted octanol–water partition coefficient (Wildman–Crippen LogP) is 3.55. The first-order valence-corrected chi connectivity index (χ1v) is 6.26. The summed E-state index contributed by atoms with van der Waals surface area (Å²) in [5.74, 6) is 0.159. The van der Waals surface area contributed by atoms with Gasteiger partial charge in [-0.05, 0) is 31.9 Å². The van der Waals surface area contributed by atoms with Gasteiger partial charge in [-0.25, -0.2) is 0 Å². The Hall–Kier alpha value is -1.61. The van der Waals surface area contributed by atoms with Crippen LogP contribution in [0.15, 0.2) is 18.2 Å². The molecule has 3 nitrogen and oxygen atoms in total. The summed E-state index contributed by atoms with van der Waals surface area (Å²) in [5.41, 5.74) is 4.46. The Labute approximate surface area is 111 Å². The van der Waals surface area contributed by atoms with Crippen LogP contribution in [0.2, 0.25) is 0 Å². The van der Waals surface area contributed by atoms with Crippen molar-refractivity contribution in [3.8, 4) is 17.4 Å². The standard InChI is InChI=1S/C14H16ClNO2/c1-8-4-9(2)13(10(3)5-8)16-12(17)6-11(7-15)14(16)18/h4-6,17-18H,7H2,1-3H3. The van der Waals surface area contributed by atoms with E-state index in [2.05, 4.69) is 0 Å². The molecule has 4 heteroatoms. The smallest absolute Gasteiger partial charge is 0.203 e. The van der Waals surface area contributed by atoms with Crippen LogP contribution in [0.25, 0.3) is 5.69 Å². The molecule has 0 aliphatic heterocycles. The quantitative estimate of drug-likeness (QED) is 0.816. The van der Waals surface area contributed by atoms with Crippen molar-refractivity contribution in [2.45, 2.75) is 26.7 Å². The number of aromatic hydroxyl groups is 2. The molecule has 2 aromatic rings. The zero-order chi connectivity index (χ0) is 13.4. The monoisotopic (exact) mass is 265 g/mol. The first-order chi connectivity index (χ1) is 8.45. The summed E-state index contributed by atoms with van der Waals surface area (Å²) in [5, 5.41) is 20.1. The largest absolute Gasteiger partial charge is 0.494 e. The Morgan fingerprint density at radius 3 is 2.06 bits per heavy atom. The van der Waals surface area contributed by atoms with Crippen molar-refractivity contribution in [3.05, 3.63) is 40.5 Å². The summed E-state index contributed by atoms with van der Waals surface area (Å²) >= 11 is 5.73. The number of rotatable bonds is 2. The van der Waals surface area contributed by atoms with Crippen LogP contribution < -0.4 is 0 Å². The highest BCUT2D eigenvalue weighted by atomic mass is 35.5. The van der Waals surface area contributed by atoms with E-state index in [1.165, 1.54) is 10.6 Å². The first kappa shape index (κ1) is 12.8. The van der Waals surface area contributed by atoms with Gasteiger partial charge in [-0.15, -0.1) is 11.6 Å². The molecule has 18 heavy (non-hydrogen) atoms. The maximum atomic E-state index is 10.1. The van der Waals surface area contributed by atoms with Crippen molar-refractivity contribution in [3.63, 3.8) is 0 Å². The number of aryl methyl sites for hydroxylation is 3. The maximum absolute atomic E-state index is 10.1. The van der Waals surface area contributed by atoms with Gasteiger partial charge in [0.05, 0.1) is 11.6 Å². The molecule has 0 bridgehead atoms. The fourth-order valence-electron chi connectivity index (χ4n) is 2.38. The van der Waals surface area contributed by atoms with E-state index in [0.29, 0.717) is 5.56 Å². The molecule has 1 aromatic carbocycles. The summed E-state index contributed by atoms with van der Waals surface area (Å²) in [7, 11) is 0. The summed E-state index contributed by atoms with van der Waals surface area (Å²) in [4.78, 5) is 0. The lowest BCUT2D eigenvalue weighted by molar-refractivity contribution is 0.400. The Kier molecular flexibility index (Phi) is 3.26. The third-order valence-electron chi connectivity index (χ3n) is 3.03. The van der Waals surface area contributed by atoms with E-state index in [9.17, 15) is 10.2 Å². The van der Waals surface area contributed by atoms with Gasteiger partial charge in [-0.2, -0.15) is 0 Å². The normalized spacial score (nSPS) is 10.9. The van der Waals surface area contributed by atoms with Crippen molar-refractivity contribution in [1.29, 1.82) is 0 Å². The molecule has 0 amide bonds. The molecular formula is C14H16ClNO2. The molecule has 0 fully saturated rings. The van der Waals surface area contributed by atoms with Crippen LogP contribution in [0.4, 0.5) is 0 Å². The lowest BCUT2D eigenvalue weighted by Gasteiger charge is -2.14. The van der Waals surface area contributed by atoms with Crippen molar-refractivity contribution in [2.75, 3.05) is 0 Å². The number of hydrogen-bond donors (Lipinski definition) is 2. The molecule has 1 aromatic heterocycles. The topological polar surface area (TPSA) is 45.4 Å². The van der Waals surface area contributed by atoms with Gasteiger partial charge in [0.25, 0.3) is 0 Å². The van der Waals surface area contributed by atoms with Crippen molar-refractivity contribution >= 4 is 11.6 Å². The first-order valence-electron chi connectivity index (χ1n) is 5.72. The van der Waals surface area contributed by atoms with Gasteiger partial charge in [0.1, 0.15) is 0 Å². The highest BCUT2D eigenvalue weighted by Gasteiger charge is 2.17. The average molecular weight is 266 g/mol. The Morgan fingerprint density at radius 2 is 1.61 bits per heavy atom. The third-order valence-corrected chi connectivity index (χ3v) is 3.32. The van der Waals surface area contributed by atoms with Crippen LogP contribution >= 0.6 is 11.6 Å². The zero-order valence-corrected chi connectivity index (χ0v) is 11.4. The highest BCUT2D eigenvalue weighted by molar-refractivity contribution is 6.17. The second-order valence-electron chi connectivity index (χ2n) is 4.57. The fraction of sp³-hybridized carbons (Fsp3) is 0.286. The van der Waals surface area contributed by atoms with Crippen LogP contribution in [-0.2, 0) is 5.88 Å². The number of alkyl halides is 1. The zero-order valence-electron chi connectivity index (χ0n) is 10.7. The van der Waals surface area contributed by atoms with E-state index in [0.717, 1.165) is 22.4 Å². The molecular weight excluding hydrogens is 250 g/mol. The Morgan fingerprint density at radius 1 is 1.06 bits per heavy atom. The lowest BCUT2D eigenvalue weighted by Crippen LogP contribution is -2.00. The molecule has 2 N–H and O–H groups in total. The molecule has 1 heterocycles. The second kappa shape index (κ2) is 4.58. The maximum Gasteiger partial charge on any atom is 0.203 e. The number of benzene rings is 1. The van der Waals surface area contributed by atoms with Crippen LogP contribution in [0, 0.1) is 20.8 Å².